The number of para-hydroxylation sites is 1. The number of benzene rings is 2. The van der Waals surface area contributed by atoms with Gasteiger partial charge in [0, 0.05) is 18.3 Å². The Labute approximate surface area is 157 Å². The molecule has 0 saturated heterocycles. The molecule has 27 heavy (non-hydrogen) atoms. The number of carbonyl (C=O) groups is 1. The quantitative estimate of drug-likeness (QED) is 0.541. The summed E-state index contributed by atoms with van der Waals surface area (Å²) in [6.45, 7) is -2.86. The molecule has 136 valence electrons. The lowest BCUT2D eigenvalue weighted by atomic mass is 10.1. The predicted molar refractivity (Wildman–Crippen MR) is 100 cm³/mol. The van der Waals surface area contributed by atoms with Crippen LogP contribution in [0.3, 0.4) is 0 Å². The maximum atomic E-state index is 12.8. The lowest BCUT2D eigenvalue weighted by Gasteiger charge is -2.08. The summed E-state index contributed by atoms with van der Waals surface area (Å²) in [5, 5.41) is 7.07. The Morgan fingerprint density at radius 2 is 1.89 bits per heavy atom. The third-order valence-corrected chi connectivity index (χ3v) is 5.03. The van der Waals surface area contributed by atoms with E-state index >= 15 is 0 Å². The Morgan fingerprint density at radius 1 is 1.11 bits per heavy atom. The van der Waals surface area contributed by atoms with Crippen LogP contribution in [0, 0.1) is 0 Å². The predicted octanol–water partition coefficient (Wildman–Crippen LogP) is 4.73. The second-order valence-corrected chi connectivity index (χ2v) is 6.96. The van der Waals surface area contributed by atoms with Crippen molar-refractivity contribution < 1.29 is 13.6 Å². The largest absolute Gasteiger partial charge is 0.333 e. The Bertz CT molecular complexity index is 1060. The molecule has 5 nitrogen and oxygen atoms in total. The highest BCUT2D eigenvalue weighted by atomic mass is 32.1. The highest BCUT2D eigenvalue weighted by molar-refractivity contribution is 7.18. The molecule has 0 unspecified atom stereocenters. The number of hydrogen-bond acceptors (Lipinski definition) is 4. The SMILES string of the molecule is O=C(Nc1ccc(Cc2nc3ccccc3s2)cc1)c1ccnn1C(F)F. The number of aromatic nitrogens is 3. The maximum Gasteiger partial charge on any atom is 0.333 e. The molecule has 0 saturated carbocycles. The molecule has 0 bridgehead atoms. The monoisotopic (exact) mass is 384 g/mol. The number of nitrogens with zero attached hydrogens (tertiary/aromatic N) is 3. The molecule has 0 radical (unpaired) electrons. The average Bonchev–Trinajstić information content (AvgIpc) is 3.29. The number of rotatable bonds is 5. The van der Waals surface area contributed by atoms with Gasteiger partial charge in [-0.2, -0.15) is 18.6 Å². The smallest absolute Gasteiger partial charge is 0.321 e. The van der Waals surface area contributed by atoms with Crippen LogP contribution in [0.1, 0.15) is 27.6 Å². The molecular weight excluding hydrogens is 370 g/mol. The normalized spacial score (nSPS) is 11.2. The van der Waals surface area contributed by atoms with E-state index in [1.165, 1.54) is 12.3 Å². The third-order valence-electron chi connectivity index (χ3n) is 3.99. The van der Waals surface area contributed by atoms with Crippen molar-refractivity contribution in [1.29, 1.82) is 0 Å². The van der Waals surface area contributed by atoms with Crippen LogP contribution in [0.25, 0.3) is 10.2 Å². The van der Waals surface area contributed by atoms with E-state index in [4.69, 9.17) is 0 Å². The lowest BCUT2D eigenvalue weighted by Crippen LogP contribution is -2.18. The van der Waals surface area contributed by atoms with Gasteiger partial charge in [-0.1, -0.05) is 24.3 Å². The van der Waals surface area contributed by atoms with E-state index in [0.29, 0.717) is 16.8 Å². The average molecular weight is 384 g/mol. The molecule has 8 heteroatoms. The van der Waals surface area contributed by atoms with Gasteiger partial charge in [0.2, 0.25) is 0 Å². The number of thiazole rings is 1. The number of nitrogens with one attached hydrogen (secondary N) is 1. The van der Waals surface area contributed by atoms with Crippen LogP contribution in [-0.4, -0.2) is 20.7 Å². The van der Waals surface area contributed by atoms with E-state index in [2.05, 4.69) is 15.4 Å². The molecule has 0 aliphatic rings. The summed E-state index contributed by atoms with van der Waals surface area (Å²) < 4.78 is 27.2. The molecule has 0 aliphatic heterocycles. The Morgan fingerprint density at radius 3 is 2.63 bits per heavy atom. The van der Waals surface area contributed by atoms with Crippen LogP contribution in [0.15, 0.2) is 60.8 Å². The van der Waals surface area contributed by atoms with E-state index in [1.807, 2.05) is 36.4 Å². The van der Waals surface area contributed by atoms with Crippen LogP contribution >= 0.6 is 11.3 Å². The summed E-state index contributed by atoms with van der Waals surface area (Å²) in [5.41, 5.74) is 2.36. The summed E-state index contributed by atoms with van der Waals surface area (Å²) in [5.74, 6) is -0.633. The Kier molecular flexibility index (Phi) is 4.64. The highest BCUT2D eigenvalue weighted by Gasteiger charge is 2.17. The molecule has 2 heterocycles. The molecule has 2 aromatic heterocycles. The van der Waals surface area contributed by atoms with E-state index in [0.717, 1.165) is 20.8 Å². The molecule has 1 N–H and O–H groups in total. The van der Waals surface area contributed by atoms with E-state index in [9.17, 15) is 13.6 Å². The van der Waals surface area contributed by atoms with Gasteiger partial charge in [-0.15, -0.1) is 11.3 Å². The molecular formula is C19H14F2N4OS. The molecule has 4 rings (SSSR count). The standard InChI is InChI=1S/C19H14F2N4OS/c20-19(21)25-15(9-10-22-25)18(26)23-13-7-5-12(6-8-13)11-17-24-14-3-1-2-4-16(14)27-17/h1-10,19H,11H2,(H,23,26). The fourth-order valence-corrected chi connectivity index (χ4v) is 3.72. The number of alkyl halides is 2. The van der Waals surface area contributed by atoms with Crippen LogP contribution < -0.4 is 5.32 Å². The first kappa shape index (κ1) is 17.3. The maximum absolute atomic E-state index is 12.8. The summed E-state index contributed by atoms with van der Waals surface area (Å²) in [7, 11) is 0. The van der Waals surface area contributed by atoms with Crippen LogP contribution in [0.4, 0.5) is 14.5 Å². The van der Waals surface area contributed by atoms with Crippen molar-refractivity contribution in [3.63, 3.8) is 0 Å². The first-order valence-electron chi connectivity index (χ1n) is 8.16. The van der Waals surface area contributed by atoms with Gasteiger partial charge in [0.15, 0.2) is 0 Å². The molecule has 2 aromatic carbocycles. The third kappa shape index (κ3) is 3.70. The van der Waals surface area contributed by atoms with E-state index in [-0.39, 0.29) is 5.69 Å². The molecule has 0 spiro atoms. The summed E-state index contributed by atoms with van der Waals surface area (Å²) in [6, 6.07) is 16.5. The zero-order valence-corrected chi connectivity index (χ0v) is 14.8. The Balaban J connectivity index is 1.45. The number of carbonyl (C=O) groups excluding carboxylic acids is 1. The second-order valence-electron chi connectivity index (χ2n) is 5.84. The summed E-state index contributed by atoms with van der Waals surface area (Å²) in [6.07, 6.45) is 1.86. The van der Waals surface area contributed by atoms with Crippen molar-refractivity contribution in [3.8, 4) is 0 Å². The first-order valence-corrected chi connectivity index (χ1v) is 8.98. The summed E-state index contributed by atoms with van der Waals surface area (Å²) >= 11 is 1.65. The first-order chi connectivity index (χ1) is 13.1. The van der Waals surface area contributed by atoms with Crippen LogP contribution in [0.5, 0.6) is 0 Å². The van der Waals surface area contributed by atoms with Crippen molar-refractivity contribution in [1.82, 2.24) is 14.8 Å². The highest BCUT2D eigenvalue weighted by Crippen LogP contribution is 2.24. The van der Waals surface area contributed by atoms with Gasteiger partial charge in [-0.05, 0) is 35.9 Å². The lowest BCUT2D eigenvalue weighted by molar-refractivity contribution is 0.0520. The van der Waals surface area contributed by atoms with Gasteiger partial charge in [0.1, 0.15) is 5.69 Å². The minimum Gasteiger partial charge on any atom is -0.321 e. The number of amides is 1. The van der Waals surface area contributed by atoms with Gasteiger partial charge < -0.3 is 5.32 Å². The number of anilines is 1. The molecule has 0 fully saturated rings. The topological polar surface area (TPSA) is 59.8 Å². The van der Waals surface area contributed by atoms with Crippen molar-refractivity contribution in [2.45, 2.75) is 13.0 Å². The molecule has 0 aliphatic carbocycles. The second kappa shape index (κ2) is 7.24. The fourth-order valence-electron chi connectivity index (χ4n) is 2.72. The van der Waals surface area contributed by atoms with Gasteiger partial charge in [-0.3, -0.25) is 4.79 Å². The van der Waals surface area contributed by atoms with Gasteiger partial charge in [0.05, 0.1) is 15.2 Å². The molecule has 0 atom stereocenters. The van der Waals surface area contributed by atoms with Gasteiger partial charge in [0.25, 0.3) is 5.91 Å². The van der Waals surface area contributed by atoms with Crippen molar-refractivity contribution in [2.75, 3.05) is 5.32 Å². The minimum absolute atomic E-state index is 0.191. The van der Waals surface area contributed by atoms with Crippen LogP contribution in [0.2, 0.25) is 0 Å². The molecule has 1 amide bonds. The summed E-state index contributed by atoms with van der Waals surface area (Å²) in [4.78, 5) is 16.8. The number of hydrogen-bond donors (Lipinski definition) is 1. The van der Waals surface area contributed by atoms with E-state index in [1.54, 1.807) is 23.5 Å². The number of halogens is 2. The fraction of sp³-hybridized carbons (Fsp3) is 0.105. The van der Waals surface area contributed by atoms with Gasteiger partial charge in [-0.25, -0.2) is 4.98 Å². The van der Waals surface area contributed by atoms with Crippen LogP contribution in [-0.2, 0) is 6.42 Å². The minimum atomic E-state index is -2.86. The molecule has 4 aromatic rings. The zero-order chi connectivity index (χ0) is 18.8. The van der Waals surface area contributed by atoms with E-state index < -0.39 is 12.5 Å². The van der Waals surface area contributed by atoms with Crippen molar-refractivity contribution in [3.05, 3.63) is 77.1 Å². The zero-order valence-electron chi connectivity index (χ0n) is 14.0. The van der Waals surface area contributed by atoms with Crippen molar-refractivity contribution >= 4 is 33.1 Å². The number of fused-ring (bicyclic) bond motifs is 1. The van der Waals surface area contributed by atoms with Gasteiger partial charge >= 0.3 is 6.55 Å². The van der Waals surface area contributed by atoms with Crippen molar-refractivity contribution in [2.24, 2.45) is 0 Å². The Hall–Kier alpha value is -3.13.